The van der Waals surface area contributed by atoms with E-state index in [0.29, 0.717) is 16.6 Å². The molecule has 1 saturated carbocycles. The van der Waals surface area contributed by atoms with Crippen molar-refractivity contribution in [3.05, 3.63) is 24.4 Å². The molecular formula is C12H17N5S. The number of thiocarbonyl (C=S) groups is 1. The minimum Gasteiger partial charge on any atom is -0.367 e. The van der Waals surface area contributed by atoms with Gasteiger partial charge in [-0.2, -0.15) is 0 Å². The third kappa shape index (κ3) is 2.02. The Kier molecular flexibility index (Phi) is 2.83. The number of anilines is 1. The number of nitrogens with zero attached hydrogens (tertiary/aromatic N) is 2. The van der Waals surface area contributed by atoms with Crippen LogP contribution >= 0.6 is 12.2 Å². The number of aromatic nitrogens is 1. The first-order chi connectivity index (χ1) is 8.71. The number of rotatable bonds is 2. The van der Waals surface area contributed by atoms with Gasteiger partial charge in [-0.05, 0) is 37.2 Å². The average molecular weight is 263 g/mol. The second kappa shape index (κ2) is 4.37. The normalized spacial score (nSPS) is 21.1. The van der Waals surface area contributed by atoms with Gasteiger partial charge in [0, 0.05) is 30.7 Å². The van der Waals surface area contributed by atoms with E-state index >= 15 is 0 Å². The molecular weight excluding hydrogens is 246 g/mol. The second-order valence-corrected chi connectivity index (χ2v) is 5.66. The van der Waals surface area contributed by atoms with E-state index in [1.165, 1.54) is 12.8 Å². The van der Waals surface area contributed by atoms with Gasteiger partial charge < -0.3 is 15.6 Å². The van der Waals surface area contributed by atoms with Crippen molar-refractivity contribution in [1.82, 2.24) is 15.3 Å². The molecule has 18 heavy (non-hydrogen) atoms. The van der Waals surface area contributed by atoms with Gasteiger partial charge in [0.1, 0.15) is 5.82 Å². The summed E-state index contributed by atoms with van der Waals surface area (Å²) in [6.07, 6.45) is 4.19. The Labute approximate surface area is 112 Å². The fourth-order valence-corrected chi connectivity index (χ4v) is 3.13. The molecule has 96 valence electrons. The van der Waals surface area contributed by atoms with Gasteiger partial charge in [-0.3, -0.25) is 0 Å². The van der Waals surface area contributed by atoms with E-state index in [9.17, 15) is 0 Å². The van der Waals surface area contributed by atoms with Crippen LogP contribution in [0.5, 0.6) is 0 Å². The SMILES string of the molecule is NNC(=S)N1CC2(CC(Nc3ccccn3)C2)C1. The van der Waals surface area contributed by atoms with Gasteiger partial charge in [-0.1, -0.05) is 6.07 Å². The first kappa shape index (κ1) is 11.7. The van der Waals surface area contributed by atoms with Gasteiger partial charge in [0.2, 0.25) is 0 Å². The van der Waals surface area contributed by atoms with E-state index in [1.54, 1.807) is 0 Å². The molecule has 2 aliphatic rings. The Morgan fingerprint density at radius 2 is 2.22 bits per heavy atom. The summed E-state index contributed by atoms with van der Waals surface area (Å²) in [6.45, 7) is 2.05. The lowest BCUT2D eigenvalue weighted by Gasteiger charge is -2.59. The molecule has 0 unspecified atom stereocenters. The highest BCUT2D eigenvalue weighted by Crippen LogP contribution is 2.49. The highest BCUT2D eigenvalue weighted by atomic mass is 32.1. The Bertz CT molecular complexity index is 435. The van der Waals surface area contributed by atoms with Crippen molar-refractivity contribution < 1.29 is 0 Å². The van der Waals surface area contributed by atoms with Crippen molar-refractivity contribution in [2.75, 3.05) is 18.4 Å². The standard InChI is InChI=1S/C12H17N5S/c13-16-11(18)17-7-12(8-17)5-9(6-12)15-10-3-1-2-4-14-10/h1-4,9H,5-8,13H2,(H,14,15)(H,16,18). The summed E-state index contributed by atoms with van der Waals surface area (Å²) in [6, 6.07) is 6.48. The van der Waals surface area contributed by atoms with Crippen LogP contribution in [0.4, 0.5) is 5.82 Å². The molecule has 0 amide bonds. The zero-order chi connectivity index (χ0) is 12.6. The van der Waals surface area contributed by atoms with Crippen molar-refractivity contribution in [2.24, 2.45) is 11.3 Å². The van der Waals surface area contributed by atoms with Crippen LogP contribution < -0.4 is 16.6 Å². The number of nitrogens with one attached hydrogen (secondary N) is 2. The fourth-order valence-electron chi connectivity index (χ4n) is 3.00. The minimum absolute atomic E-state index is 0.452. The van der Waals surface area contributed by atoms with Crippen LogP contribution in [-0.2, 0) is 0 Å². The van der Waals surface area contributed by atoms with Crippen LogP contribution in [0.25, 0.3) is 0 Å². The summed E-state index contributed by atoms with van der Waals surface area (Å²) < 4.78 is 0. The predicted molar refractivity (Wildman–Crippen MR) is 74.8 cm³/mol. The molecule has 5 nitrogen and oxygen atoms in total. The number of likely N-dealkylation sites (tertiary alicyclic amines) is 1. The van der Waals surface area contributed by atoms with Crippen LogP contribution in [0.2, 0.25) is 0 Å². The molecule has 1 saturated heterocycles. The smallest absolute Gasteiger partial charge is 0.183 e. The van der Waals surface area contributed by atoms with Crippen LogP contribution in [0.3, 0.4) is 0 Å². The molecule has 6 heteroatoms. The van der Waals surface area contributed by atoms with Gasteiger partial charge in [-0.15, -0.1) is 0 Å². The van der Waals surface area contributed by atoms with Crippen molar-refractivity contribution in [1.29, 1.82) is 0 Å². The molecule has 1 aliphatic carbocycles. The molecule has 0 aromatic carbocycles. The maximum atomic E-state index is 5.31. The predicted octanol–water partition coefficient (Wildman–Crippen LogP) is 0.706. The van der Waals surface area contributed by atoms with E-state index < -0.39 is 0 Å². The molecule has 1 aliphatic heterocycles. The maximum Gasteiger partial charge on any atom is 0.183 e. The third-order valence-corrected chi connectivity index (χ3v) is 4.22. The number of pyridine rings is 1. The fraction of sp³-hybridized carbons (Fsp3) is 0.500. The van der Waals surface area contributed by atoms with E-state index in [4.69, 9.17) is 18.1 Å². The number of nitrogens with two attached hydrogens (primary N) is 1. The lowest BCUT2D eigenvalue weighted by atomic mass is 9.61. The Morgan fingerprint density at radius 1 is 1.44 bits per heavy atom. The number of hydrogen-bond donors (Lipinski definition) is 3. The average Bonchev–Trinajstić information content (AvgIpc) is 2.31. The van der Waals surface area contributed by atoms with Gasteiger partial charge in [-0.25, -0.2) is 10.8 Å². The van der Waals surface area contributed by atoms with E-state index in [2.05, 4.69) is 20.6 Å². The molecule has 2 fully saturated rings. The number of hydrazine groups is 1. The monoisotopic (exact) mass is 263 g/mol. The summed E-state index contributed by atoms with van der Waals surface area (Å²) in [5.41, 5.74) is 2.99. The van der Waals surface area contributed by atoms with Crippen LogP contribution in [0.1, 0.15) is 12.8 Å². The maximum absolute atomic E-state index is 5.31. The summed E-state index contributed by atoms with van der Waals surface area (Å²) in [4.78, 5) is 6.40. The molecule has 4 N–H and O–H groups in total. The van der Waals surface area contributed by atoms with Crippen molar-refractivity contribution >= 4 is 23.1 Å². The third-order valence-electron chi connectivity index (χ3n) is 3.84. The molecule has 1 aromatic rings. The zero-order valence-corrected chi connectivity index (χ0v) is 10.9. The molecule has 0 bridgehead atoms. The molecule has 0 atom stereocenters. The van der Waals surface area contributed by atoms with E-state index in [1.807, 2.05) is 24.4 Å². The summed E-state index contributed by atoms with van der Waals surface area (Å²) >= 11 is 5.10. The molecule has 0 radical (unpaired) electrons. The zero-order valence-electron chi connectivity index (χ0n) is 10.1. The molecule has 1 spiro atoms. The van der Waals surface area contributed by atoms with Crippen LogP contribution in [-0.4, -0.2) is 34.1 Å². The van der Waals surface area contributed by atoms with Crippen molar-refractivity contribution in [3.63, 3.8) is 0 Å². The van der Waals surface area contributed by atoms with Gasteiger partial charge >= 0.3 is 0 Å². The lowest BCUT2D eigenvalue weighted by molar-refractivity contribution is -0.0262. The van der Waals surface area contributed by atoms with Gasteiger partial charge in [0.05, 0.1) is 0 Å². The lowest BCUT2D eigenvalue weighted by Crippen LogP contribution is -2.67. The highest BCUT2D eigenvalue weighted by Gasteiger charge is 2.52. The summed E-state index contributed by atoms with van der Waals surface area (Å²) in [7, 11) is 0. The molecule has 3 rings (SSSR count). The van der Waals surface area contributed by atoms with Gasteiger partial charge in [0.15, 0.2) is 5.11 Å². The van der Waals surface area contributed by atoms with Crippen molar-refractivity contribution in [2.45, 2.75) is 18.9 Å². The van der Waals surface area contributed by atoms with E-state index in [-0.39, 0.29) is 0 Å². The molecule has 2 heterocycles. The first-order valence-electron chi connectivity index (χ1n) is 6.14. The Hall–Kier alpha value is -1.40. The minimum atomic E-state index is 0.452. The van der Waals surface area contributed by atoms with Gasteiger partial charge in [0.25, 0.3) is 0 Å². The Balaban J connectivity index is 1.46. The Morgan fingerprint density at radius 3 is 2.83 bits per heavy atom. The van der Waals surface area contributed by atoms with Crippen LogP contribution in [0.15, 0.2) is 24.4 Å². The quantitative estimate of drug-likeness (QED) is 0.415. The highest BCUT2D eigenvalue weighted by molar-refractivity contribution is 7.80. The summed E-state index contributed by atoms with van der Waals surface area (Å²) in [5.74, 6) is 6.27. The van der Waals surface area contributed by atoms with Crippen molar-refractivity contribution in [3.8, 4) is 0 Å². The first-order valence-corrected chi connectivity index (χ1v) is 6.55. The number of hydrogen-bond acceptors (Lipinski definition) is 4. The largest absolute Gasteiger partial charge is 0.367 e. The topological polar surface area (TPSA) is 66.2 Å². The summed E-state index contributed by atoms with van der Waals surface area (Å²) in [5, 5.41) is 4.11. The molecule has 1 aromatic heterocycles. The second-order valence-electron chi connectivity index (χ2n) is 5.27. The van der Waals surface area contributed by atoms with Crippen LogP contribution in [0, 0.1) is 5.41 Å². The van der Waals surface area contributed by atoms with E-state index in [0.717, 1.165) is 18.9 Å².